The predicted octanol–water partition coefficient (Wildman–Crippen LogP) is 0.896. The molecule has 0 unspecified atom stereocenters. The second kappa shape index (κ2) is 6.56. The summed E-state index contributed by atoms with van der Waals surface area (Å²) in [5.41, 5.74) is 0.513. The van der Waals surface area contributed by atoms with Crippen molar-refractivity contribution in [1.29, 1.82) is 0 Å². The Hall–Kier alpha value is -1.33. The fraction of sp³-hybridized carbons (Fsp3) is 0.385. The van der Waals surface area contributed by atoms with Crippen LogP contribution in [0.3, 0.4) is 0 Å². The van der Waals surface area contributed by atoms with Crippen LogP contribution in [-0.2, 0) is 4.79 Å². The van der Waals surface area contributed by atoms with E-state index in [0.717, 1.165) is 18.8 Å². The molecule has 2 amide bonds. The zero-order chi connectivity index (χ0) is 12.8. The van der Waals surface area contributed by atoms with Crippen LogP contribution in [0.4, 0.5) is 0 Å². The quantitative estimate of drug-likeness (QED) is 0.829. The van der Waals surface area contributed by atoms with E-state index in [1.165, 1.54) is 0 Å². The van der Waals surface area contributed by atoms with Gasteiger partial charge in [-0.15, -0.1) is 0 Å². The normalized spacial score (nSPS) is 14.9. The van der Waals surface area contributed by atoms with Crippen LogP contribution in [0, 0.1) is 5.92 Å². The van der Waals surface area contributed by atoms with E-state index in [4.69, 9.17) is 0 Å². The molecule has 96 valence electrons. The lowest BCUT2D eigenvalue weighted by atomic mass is 10.1. The maximum Gasteiger partial charge on any atom is 0.257 e. The second-order valence-corrected chi connectivity index (χ2v) is 5.31. The second-order valence-electron chi connectivity index (χ2n) is 4.28. The van der Waals surface area contributed by atoms with Crippen molar-refractivity contribution in [3.8, 4) is 0 Å². The van der Waals surface area contributed by atoms with Crippen LogP contribution >= 0.6 is 11.8 Å². The van der Waals surface area contributed by atoms with Gasteiger partial charge in [0.05, 0.1) is 5.75 Å². The van der Waals surface area contributed by atoms with Crippen LogP contribution in [0.2, 0.25) is 0 Å². The van der Waals surface area contributed by atoms with Crippen LogP contribution in [0.5, 0.6) is 0 Å². The Morgan fingerprint density at radius 3 is 2.61 bits per heavy atom. The molecule has 0 radical (unpaired) electrons. The third-order valence-electron chi connectivity index (χ3n) is 2.74. The summed E-state index contributed by atoms with van der Waals surface area (Å²) in [4.78, 5) is 23.2. The summed E-state index contributed by atoms with van der Waals surface area (Å²) in [5, 5.41) is 5.58. The molecule has 0 spiro atoms. The van der Waals surface area contributed by atoms with Crippen molar-refractivity contribution >= 4 is 23.6 Å². The van der Waals surface area contributed by atoms with Gasteiger partial charge in [-0.3, -0.25) is 14.9 Å². The van der Waals surface area contributed by atoms with Gasteiger partial charge in [-0.25, -0.2) is 0 Å². The number of amides is 2. The zero-order valence-electron chi connectivity index (χ0n) is 10.0. The minimum atomic E-state index is -0.327. The number of carbonyl (C=O) groups is 2. The first-order chi connectivity index (χ1) is 8.75. The summed E-state index contributed by atoms with van der Waals surface area (Å²) in [6, 6.07) is 8.77. The SMILES string of the molecule is O=C(CSCC1CNC1)NC(=O)c1ccccc1. The molecule has 1 aromatic carbocycles. The number of hydrogen-bond donors (Lipinski definition) is 2. The van der Waals surface area contributed by atoms with Crippen LogP contribution in [0.1, 0.15) is 10.4 Å². The van der Waals surface area contributed by atoms with Gasteiger partial charge in [0.15, 0.2) is 0 Å². The standard InChI is InChI=1S/C13H16N2O2S/c16-12(9-18-8-10-6-14-7-10)15-13(17)11-4-2-1-3-5-11/h1-5,10,14H,6-9H2,(H,15,16,17). The van der Waals surface area contributed by atoms with Gasteiger partial charge >= 0.3 is 0 Å². The number of benzene rings is 1. The molecule has 18 heavy (non-hydrogen) atoms. The van der Waals surface area contributed by atoms with Crippen molar-refractivity contribution < 1.29 is 9.59 Å². The van der Waals surface area contributed by atoms with Gasteiger partial charge in [-0.2, -0.15) is 11.8 Å². The molecule has 1 aliphatic rings. The van der Waals surface area contributed by atoms with E-state index in [0.29, 0.717) is 17.2 Å². The van der Waals surface area contributed by atoms with Crippen LogP contribution in [0.25, 0.3) is 0 Å². The van der Waals surface area contributed by atoms with Crippen molar-refractivity contribution in [2.45, 2.75) is 0 Å². The highest BCUT2D eigenvalue weighted by Gasteiger charge is 2.17. The topological polar surface area (TPSA) is 58.2 Å². The van der Waals surface area contributed by atoms with Gasteiger partial charge < -0.3 is 5.32 Å². The third kappa shape index (κ3) is 3.85. The van der Waals surface area contributed by atoms with E-state index in [1.54, 1.807) is 36.0 Å². The first kappa shape index (κ1) is 13.1. The van der Waals surface area contributed by atoms with Gasteiger partial charge in [0, 0.05) is 5.56 Å². The molecule has 0 saturated carbocycles. The van der Waals surface area contributed by atoms with E-state index in [9.17, 15) is 9.59 Å². The van der Waals surface area contributed by atoms with Crippen molar-refractivity contribution in [2.24, 2.45) is 5.92 Å². The molecule has 0 bridgehead atoms. The summed E-state index contributed by atoms with van der Waals surface area (Å²) in [6.07, 6.45) is 0. The average molecular weight is 264 g/mol. The number of hydrogen-bond acceptors (Lipinski definition) is 4. The minimum Gasteiger partial charge on any atom is -0.316 e. The van der Waals surface area contributed by atoms with Crippen molar-refractivity contribution in [2.75, 3.05) is 24.6 Å². The molecule has 1 fully saturated rings. The third-order valence-corrected chi connectivity index (χ3v) is 3.92. The van der Waals surface area contributed by atoms with Crippen molar-refractivity contribution in [1.82, 2.24) is 10.6 Å². The molecule has 1 aromatic rings. The van der Waals surface area contributed by atoms with E-state index < -0.39 is 0 Å². The first-order valence-electron chi connectivity index (χ1n) is 5.93. The summed E-state index contributed by atoms with van der Waals surface area (Å²) in [7, 11) is 0. The number of rotatable bonds is 5. The number of imide groups is 1. The molecule has 1 saturated heterocycles. The minimum absolute atomic E-state index is 0.221. The van der Waals surface area contributed by atoms with E-state index in [2.05, 4.69) is 10.6 Å². The Balaban J connectivity index is 1.68. The van der Waals surface area contributed by atoms with Gasteiger partial charge in [0.1, 0.15) is 0 Å². The molecule has 5 heteroatoms. The summed E-state index contributed by atoms with van der Waals surface area (Å²) in [6.45, 7) is 2.08. The highest BCUT2D eigenvalue weighted by atomic mass is 32.2. The number of nitrogens with one attached hydrogen (secondary N) is 2. The monoisotopic (exact) mass is 264 g/mol. The molecule has 1 heterocycles. The Kier molecular flexibility index (Phi) is 4.78. The van der Waals surface area contributed by atoms with Crippen LogP contribution < -0.4 is 10.6 Å². The molecule has 0 atom stereocenters. The van der Waals surface area contributed by atoms with Crippen molar-refractivity contribution in [3.05, 3.63) is 35.9 Å². The molecule has 0 aliphatic carbocycles. The Morgan fingerprint density at radius 2 is 2.00 bits per heavy atom. The maximum atomic E-state index is 11.7. The lowest BCUT2D eigenvalue weighted by Crippen LogP contribution is -2.43. The van der Waals surface area contributed by atoms with E-state index in [-0.39, 0.29) is 11.8 Å². The lowest BCUT2D eigenvalue weighted by Gasteiger charge is -2.26. The van der Waals surface area contributed by atoms with Crippen molar-refractivity contribution in [3.63, 3.8) is 0 Å². The molecular formula is C13H16N2O2S. The Labute approximate surface area is 111 Å². The molecule has 0 aromatic heterocycles. The summed E-state index contributed by atoms with van der Waals surface area (Å²) in [5.74, 6) is 1.44. The highest BCUT2D eigenvalue weighted by molar-refractivity contribution is 7.99. The zero-order valence-corrected chi connectivity index (χ0v) is 10.8. The molecule has 4 nitrogen and oxygen atoms in total. The fourth-order valence-corrected chi connectivity index (χ4v) is 2.55. The largest absolute Gasteiger partial charge is 0.316 e. The van der Waals surface area contributed by atoms with E-state index >= 15 is 0 Å². The first-order valence-corrected chi connectivity index (χ1v) is 7.09. The van der Waals surface area contributed by atoms with Crippen LogP contribution in [-0.4, -0.2) is 36.4 Å². The molecule has 2 rings (SSSR count). The van der Waals surface area contributed by atoms with Gasteiger partial charge in [-0.1, -0.05) is 18.2 Å². The summed E-state index contributed by atoms with van der Waals surface area (Å²) < 4.78 is 0. The average Bonchev–Trinajstić information content (AvgIpc) is 2.33. The fourth-order valence-electron chi connectivity index (χ4n) is 1.61. The number of thioether (sulfide) groups is 1. The van der Waals surface area contributed by atoms with Crippen LogP contribution in [0.15, 0.2) is 30.3 Å². The maximum absolute atomic E-state index is 11.7. The lowest BCUT2D eigenvalue weighted by molar-refractivity contribution is -0.117. The highest BCUT2D eigenvalue weighted by Crippen LogP contribution is 2.11. The Morgan fingerprint density at radius 1 is 1.28 bits per heavy atom. The van der Waals surface area contributed by atoms with E-state index in [1.807, 2.05) is 6.07 Å². The molecule has 2 N–H and O–H groups in total. The summed E-state index contributed by atoms with van der Waals surface area (Å²) >= 11 is 1.58. The van der Waals surface area contributed by atoms with Gasteiger partial charge in [0.25, 0.3) is 5.91 Å². The smallest absolute Gasteiger partial charge is 0.257 e. The van der Waals surface area contributed by atoms with Gasteiger partial charge in [0.2, 0.25) is 5.91 Å². The Bertz CT molecular complexity index is 418. The van der Waals surface area contributed by atoms with Gasteiger partial charge in [-0.05, 0) is 36.9 Å². The molecular weight excluding hydrogens is 248 g/mol. The predicted molar refractivity (Wildman–Crippen MR) is 72.6 cm³/mol. The molecule has 1 aliphatic heterocycles. The number of carbonyl (C=O) groups excluding carboxylic acids is 2.